The van der Waals surface area contributed by atoms with Crippen LogP contribution in [0.2, 0.25) is 0 Å². The van der Waals surface area contributed by atoms with Crippen LogP contribution >= 0.6 is 0 Å². The van der Waals surface area contributed by atoms with Crippen LogP contribution in [0, 0.1) is 0 Å². The third kappa shape index (κ3) is 3.61. The van der Waals surface area contributed by atoms with Crippen molar-refractivity contribution in [2.75, 3.05) is 32.9 Å². The number of carbonyl (C=O) groups excluding carboxylic acids is 1. The molecule has 1 rings (SSSR count). The topological polar surface area (TPSA) is 75.8 Å². The van der Waals surface area contributed by atoms with E-state index in [2.05, 4.69) is 0 Å². The van der Waals surface area contributed by atoms with E-state index in [9.17, 15) is 4.79 Å². The van der Waals surface area contributed by atoms with Gasteiger partial charge in [-0.1, -0.05) is 0 Å². The molecule has 0 spiro atoms. The molecular weight excluding hydrogens is 184 g/mol. The van der Waals surface area contributed by atoms with Crippen molar-refractivity contribution >= 4 is 5.91 Å². The van der Waals surface area contributed by atoms with Crippen molar-refractivity contribution in [2.24, 2.45) is 5.73 Å². The molecule has 0 radical (unpaired) electrons. The lowest BCUT2D eigenvalue weighted by Gasteiger charge is -2.21. The Bertz CT molecular complexity index is 183. The van der Waals surface area contributed by atoms with Gasteiger partial charge in [-0.15, -0.1) is 0 Å². The van der Waals surface area contributed by atoms with Gasteiger partial charge in [-0.3, -0.25) is 4.79 Å². The highest BCUT2D eigenvalue weighted by molar-refractivity contribution is 5.78. The Morgan fingerprint density at radius 2 is 2.29 bits per heavy atom. The SMILES string of the molecule is NCCOCC(=O)N(CCO)C1CC1. The van der Waals surface area contributed by atoms with E-state index in [0.29, 0.717) is 25.7 Å². The zero-order valence-electron chi connectivity index (χ0n) is 8.32. The molecular formula is C9H18N2O3. The quantitative estimate of drug-likeness (QED) is 0.516. The monoisotopic (exact) mass is 202 g/mol. The molecule has 0 bridgehead atoms. The van der Waals surface area contributed by atoms with Gasteiger partial charge in [-0.2, -0.15) is 0 Å². The second kappa shape index (κ2) is 5.95. The van der Waals surface area contributed by atoms with Gasteiger partial charge in [0.15, 0.2) is 0 Å². The lowest BCUT2D eigenvalue weighted by atomic mass is 10.4. The molecule has 0 saturated heterocycles. The predicted molar refractivity (Wildman–Crippen MR) is 51.7 cm³/mol. The van der Waals surface area contributed by atoms with Gasteiger partial charge < -0.3 is 20.5 Å². The summed E-state index contributed by atoms with van der Waals surface area (Å²) >= 11 is 0. The van der Waals surface area contributed by atoms with Gasteiger partial charge in [0.1, 0.15) is 6.61 Å². The first-order valence-corrected chi connectivity index (χ1v) is 4.97. The van der Waals surface area contributed by atoms with E-state index in [1.165, 1.54) is 0 Å². The van der Waals surface area contributed by atoms with E-state index in [-0.39, 0.29) is 19.1 Å². The lowest BCUT2D eigenvalue weighted by molar-refractivity contribution is -0.137. The molecule has 0 aromatic heterocycles. The Labute approximate surface area is 83.8 Å². The van der Waals surface area contributed by atoms with E-state index in [1.54, 1.807) is 4.90 Å². The minimum absolute atomic E-state index is 0.0130. The summed E-state index contributed by atoms with van der Waals surface area (Å²) in [4.78, 5) is 13.2. The van der Waals surface area contributed by atoms with Crippen molar-refractivity contribution in [3.8, 4) is 0 Å². The molecule has 0 heterocycles. The van der Waals surface area contributed by atoms with Gasteiger partial charge in [-0.05, 0) is 12.8 Å². The summed E-state index contributed by atoms with van der Waals surface area (Å²) in [5.41, 5.74) is 5.23. The Hall–Kier alpha value is -0.650. The van der Waals surface area contributed by atoms with Crippen LogP contribution in [0.5, 0.6) is 0 Å². The number of rotatable bonds is 7. The van der Waals surface area contributed by atoms with Crippen LogP contribution < -0.4 is 5.73 Å². The molecule has 1 aliphatic carbocycles. The maximum Gasteiger partial charge on any atom is 0.248 e. The second-order valence-corrected chi connectivity index (χ2v) is 3.38. The van der Waals surface area contributed by atoms with E-state index >= 15 is 0 Å². The first kappa shape index (κ1) is 11.4. The highest BCUT2D eigenvalue weighted by Crippen LogP contribution is 2.26. The van der Waals surface area contributed by atoms with Crippen LogP contribution in [-0.2, 0) is 9.53 Å². The molecule has 1 amide bonds. The lowest BCUT2D eigenvalue weighted by Crippen LogP contribution is -2.38. The van der Waals surface area contributed by atoms with Crippen molar-refractivity contribution in [3.05, 3.63) is 0 Å². The van der Waals surface area contributed by atoms with Crippen LogP contribution in [0.15, 0.2) is 0 Å². The van der Waals surface area contributed by atoms with E-state index in [1.807, 2.05) is 0 Å². The number of hydrogen-bond acceptors (Lipinski definition) is 4. The third-order valence-electron chi connectivity index (χ3n) is 2.14. The standard InChI is InChI=1S/C9H18N2O3/c10-3-6-14-7-9(13)11(4-5-12)8-1-2-8/h8,12H,1-7,10H2. The number of carbonyl (C=O) groups is 1. The number of nitrogens with two attached hydrogens (primary N) is 1. The smallest absolute Gasteiger partial charge is 0.248 e. The molecule has 3 N–H and O–H groups in total. The summed E-state index contributed by atoms with van der Waals surface area (Å²) in [6, 6.07) is 0.330. The van der Waals surface area contributed by atoms with Crippen LogP contribution in [-0.4, -0.2) is 54.9 Å². The van der Waals surface area contributed by atoms with Crippen LogP contribution in [0.3, 0.4) is 0 Å². The summed E-state index contributed by atoms with van der Waals surface area (Å²) < 4.78 is 5.05. The van der Waals surface area contributed by atoms with Gasteiger partial charge >= 0.3 is 0 Å². The molecule has 0 unspecified atom stereocenters. The second-order valence-electron chi connectivity index (χ2n) is 3.38. The zero-order chi connectivity index (χ0) is 10.4. The maximum absolute atomic E-state index is 11.5. The minimum atomic E-state index is -0.0463. The van der Waals surface area contributed by atoms with Gasteiger partial charge in [0, 0.05) is 19.1 Å². The van der Waals surface area contributed by atoms with Crippen molar-refractivity contribution in [3.63, 3.8) is 0 Å². The highest BCUT2D eigenvalue weighted by atomic mass is 16.5. The predicted octanol–water partition coefficient (Wildman–Crippen LogP) is -1.05. The molecule has 0 aromatic carbocycles. The Kier molecular flexibility index (Phi) is 4.86. The average Bonchev–Trinajstić information content (AvgIpc) is 2.98. The Morgan fingerprint density at radius 3 is 2.79 bits per heavy atom. The Balaban J connectivity index is 2.23. The number of amides is 1. The fourth-order valence-electron chi connectivity index (χ4n) is 1.33. The van der Waals surface area contributed by atoms with Gasteiger partial charge in [0.05, 0.1) is 13.2 Å². The van der Waals surface area contributed by atoms with Crippen LogP contribution in [0.4, 0.5) is 0 Å². The van der Waals surface area contributed by atoms with Crippen molar-refractivity contribution in [1.82, 2.24) is 4.90 Å². The molecule has 5 nitrogen and oxygen atoms in total. The van der Waals surface area contributed by atoms with Crippen LogP contribution in [0.1, 0.15) is 12.8 Å². The number of aliphatic hydroxyl groups excluding tert-OH is 1. The molecule has 1 saturated carbocycles. The molecule has 1 fully saturated rings. The zero-order valence-corrected chi connectivity index (χ0v) is 8.32. The molecule has 5 heteroatoms. The first-order chi connectivity index (χ1) is 6.79. The summed E-state index contributed by atoms with van der Waals surface area (Å²) in [5.74, 6) is -0.0463. The molecule has 1 aliphatic rings. The molecule has 0 aliphatic heterocycles. The maximum atomic E-state index is 11.5. The van der Waals surface area contributed by atoms with Gasteiger partial charge in [-0.25, -0.2) is 0 Å². The average molecular weight is 202 g/mol. The largest absolute Gasteiger partial charge is 0.395 e. The third-order valence-corrected chi connectivity index (χ3v) is 2.14. The summed E-state index contributed by atoms with van der Waals surface area (Å²) in [6.07, 6.45) is 2.09. The van der Waals surface area contributed by atoms with Crippen LogP contribution in [0.25, 0.3) is 0 Å². The van der Waals surface area contributed by atoms with E-state index < -0.39 is 0 Å². The van der Waals surface area contributed by atoms with Crippen molar-refractivity contribution in [2.45, 2.75) is 18.9 Å². The molecule has 0 aromatic rings. The summed E-state index contributed by atoms with van der Waals surface area (Å²) in [5, 5.41) is 8.78. The fraction of sp³-hybridized carbons (Fsp3) is 0.889. The number of nitrogens with zero attached hydrogens (tertiary/aromatic N) is 1. The number of ether oxygens (including phenoxy) is 1. The minimum Gasteiger partial charge on any atom is -0.395 e. The normalized spacial score (nSPS) is 15.6. The summed E-state index contributed by atoms with van der Waals surface area (Å²) in [6.45, 7) is 1.34. The summed E-state index contributed by atoms with van der Waals surface area (Å²) in [7, 11) is 0. The van der Waals surface area contributed by atoms with Gasteiger partial charge in [0.25, 0.3) is 0 Å². The number of aliphatic hydroxyl groups is 1. The Morgan fingerprint density at radius 1 is 1.57 bits per heavy atom. The van der Waals surface area contributed by atoms with Crippen molar-refractivity contribution < 1.29 is 14.6 Å². The van der Waals surface area contributed by atoms with E-state index in [0.717, 1.165) is 12.8 Å². The first-order valence-electron chi connectivity index (χ1n) is 4.97. The van der Waals surface area contributed by atoms with Gasteiger partial charge in [0.2, 0.25) is 5.91 Å². The fourth-order valence-corrected chi connectivity index (χ4v) is 1.33. The number of hydrogen-bond donors (Lipinski definition) is 2. The van der Waals surface area contributed by atoms with Crippen molar-refractivity contribution in [1.29, 1.82) is 0 Å². The van der Waals surface area contributed by atoms with E-state index in [4.69, 9.17) is 15.6 Å². The molecule has 82 valence electrons. The highest BCUT2D eigenvalue weighted by Gasteiger charge is 2.31. The molecule has 14 heavy (non-hydrogen) atoms. The molecule has 0 atom stereocenters.